The Balaban J connectivity index is 0.00000220. The Kier molecular flexibility index (Phi) is 7.46. The van der Waals surface area contributed by atoms with Crippen LogP contribution in [0.5, 0.6) is 0 Å². The summed E-state index contributed by atoms with van der Waals surface area (Å²) in [4.78, 5) is 26.3. The Morgan fingerprint density at radius 3 is 2.62 bits per heavy atom. The Hall–Kier alpha value is -0.810. The first-order valence-electron chi connectivity index (χ1n) is 7.83. The van der Waals surface area contributed by atoms with Gasteiger partial charge in [-0.05, 0) is 38.6 Å². The average Bonchev–Trinajstić information content (AvgIpc) is 3.28. The third-order valence-electron chi connectivity index (χ3n) is 4.30. The molecule has 0 radical (unpaired) electrons. The number of carbonyl (C=O) groups excluding carboxylic acids is 2. The van der Waals surface area contributed by atoms with E-state index in [2.05, 4.69) is 10.6 Å². The van der Waals surface area contributed by atoms with E-state index in [9.17, 15) is 9.59 Å². The predicted octanol–water partition coefficient (Wildman–Crippen LogP) is 1.03. The molecule has 1 saturated heterocycles. The second-order valence-corrected chi connectivity index (χ2v) is 6.27. The molecule has 2 N–H and O–H groups in total. The highest BCUT2D eigenvalue weighted by molar-refractivity contribution is 5.85. The van der Waals surface area contributed by atoms with Crippen LogP contribution in [0.4, 0.5) is 0 Å². The van der Waals surface area contributed by atoms with Crippen LogP contribution < -0.4 is 10.6 Å². The smallest absolute Gasteiger partial charge is 0.226 e. The number of carbonyl (C=O) groups is 2. The lowest BCUT2D eigenvalue weighted by atomic mass is 9.96. The van der Waals surface area contributed by atoms with Crippen molar-refractivity contribution in [1.29, 1.82) is 0 Å². The minimum Gasteiger partial charge on any atom is -0.356 e. The number of piperidine rings is 1. The van der Waals surface area contributed by atoms with Crippen LogP contribution in [-0.2, 0) is 9.59 Å². The van der Waals surface area contributed by atoms with E-state index in [1.807, 2.05) is 18.9 Å². The molecule has 0 aromatic carbocycles. The lowest BCUT2D eigenvalue weighted by Crippen LogP contribution is -2.48. The van der Waals surface area contributed by atoms with E-state index >= 15 is 0 Å². The zero-order valence-corrected chi connectivity index (χ0v) is 13.9. The molecule has 1 aliphatic heterocycles. The summed E-state index contributed by atoms with van der Waals surface area (Å²) in [5.41, 5.74) is 0. The van der Waals surface area contributed by atoms with Crippen LogP contribution in [0.2, 0.25) is 0 Å². The molecule has 0 aromatic heterocycles. The molecule has 0 spiro atoms. The topological polar surface area (TPSA) is 61.4 Å². The van der Waals surface area contributed by atoms with Crippen molar-refractivity contribution < 1.29 is 9.59 Å². The fourth-order valence-corrected chi connectivity index (χ4v) is 2.81. The molecule has 2 fully saturated rings. The molecular weight excluding hydrogens is 290 g/mol. The number of hydrogen-bond acceptors (Lipinski definition) is 3. The average molecular weight is 318 g/mol. The van der Waals surface area contributed by atoms with E-state index in [-0.39, 0.29) is 36.1 Å². The van der Waals surface area contributed by atoms with Gasteiger partial charge < -0.3 is 15.5 Å². The molecule has 1 saturated carbocycles. The third-order valence-corrected chi connectivity index (χ3v) is 4.30. The van der Waals surface area contributed by atoms with Crippen LogP contribution in [0.1, 0.15) is 32.6 Å². The molecule has 2 aliphatic rings. The van der Waals surface area contributed by atoms with Crippen LogP contribution in [0.25, 0.3) is 0 Å². The van der Waals surface area contributed by atoms with Gasteiger partial charge >= 0.3 is 0 Å². The first-order valence-corrected chi connectivity index (χ1v) is 7.83. The van der Waals surface area contributed by atoms with Gasteiger partial charge in [-0.3, -0.25) is 9.59 Å². The van der Waals surface area contributed by atoms with Gasteiger partial charge in [0.25, 0.3) is 0 Å². The molecule has 5 nitrogen and oxygen atoms in total. The quantitative estimate of drug-likeness (QED) is 0.769. The first kappa shape index (κ1) is 18.2. The molecule has 6 heteroatoms. The number of rotatable bonds is 6. The van der Waals surface area contributed by atoms with Crippen molar-refractivity contribution >= 4 is 24.2 Å². The standard InChI is InChI=1S/C15H27N3O2.ClH/c1-11(8-16-2)15(20)18-7-3-4-13(10-18)14(19)17-9-12-5-6-12;/h11-13,16H,3-10H2,1-2H3,(H,17,19);1H. The summed E-state index contributed by atoms with van der Waals surface area (Å²) in [5.74, 6) is 0.965. The van der Waals surface area contributed by atoms with Crippen LogP contribution in [0.15, 0.2) is 0 Å². The third kappa shape index (κ3) is 5.47. The monoisotopic (exact) mass is 317 g/mol. The van der Waals surface area contributed by atoms with E-state index in [0.717, 1.165) is 25.9 Å². The molecule has 1 heterocycles. The van der Waals surface area contributed by atoms with Gasteiger partial charge in [0.1, 0.15) is 0 Å². The second kappa shape index (κ2) is 8.59. The number of nitrogens with one attached hydrogen (secondary N) is 2. The molecule has 2 rings (SSSR count). The maximum absolute atomic E-state index is 12.3. The molecule has 2 amide bonds. The van der Waals surface area contributed by atoms with Crippen LogP contribution in [0.3, 0.4) is 0 Å². The van der Waals surface area contributed by atoms with Gasteiger partial charge in [0.05, 0.1) is 5.92 Å². The molecule has 1 aliphatic carbocycles. The van der Waals surface area contributed by atoms with Gasteiger partial charge in [-0.15, -0.1) is 12.4 Å². The van der Waals surface area contributed by atoms with E-state index in [1.165, 1.54) is 12.8 Å². The van der Waals surface area contributed by atoms with Gasteiger partial charge in [-0.25, -0.2) is 0 Å². The number of amides is 2. The van der Waals surface area contributed by atoms with Crippen molar-refractivity contribution in [3.63, 3.8) is 0 Å². The summed E-state index contributed by atoms with van der Waals surface area (Å²) in [7, 11) is 1.86. The van der Waals surface area contributed by atoms with Gasteiger partial charge in [0.15, 0.2) is 0 Å². The van der Waals surface area contributed by atoms with Gasteiger partial charge in [-0.1, -0.05) is 6.92 Å². The second-order valence-electron chi connectivity index (χ2n) is 6.27. The summed E-state index contributed by atoms with van der Waals surface area (Å²) in [6, 6.07) is 0. The molecule has 21 heavy (non-hydrogen) atoms. The van der Waals surface area contributed by atoms with Gasteiger partial charge in [0, 0.05) is 32.1 Å². The normalized spacial score (nSPS) is 23.1. The molecule has 0 aromatic rings. The van der Waals surface area contributed by atoms with Crippen LogP contribution >= 0.6 is 12.4 Å². The van der Waals surface area contributed by atoms with Crippen molar-refractivity contribution in [2.24, 2.45) is 17.8 Å². The molecule has 2 atom stereocenters. The molecule has 122 valence electrons. The molecule has 0 bridgehead atoms. The number of likely N-dealkylation sites (tertiary alicyclic amines) is 1. The fraction of sp³-hybridized carbons (Fsp3) is 0.867. The summed E-state index contributed by atoms with van der Waals surface area (Å²) in [6.45, 7) is 4.83. The van der Waals surface area contributed by atoms with Crippen molar-refractivity contribution in [3.8, 4) is 0 Å². The Morgan fingerprint density at radius 1 is 1.29 bits per heavy atom. The van der Waals surface area contributed by atoms with E-state index in [0.29, 0.717) is 19.0 Å². The molecular formula is C15H28ClN3O2. The first-order chi connectivity index (χ1) is 9.61. The maximum Gasteiger partial charge on any atom is 0.226 e. The van der Waals surface area contributed by atoms with Crippen LogP contribution in [0, 0.1) is 17.8 Å². The SMILES string of the molecule is CNCC(C)C(=O)N1CCCC(C(=O)NCC2CC2)C1.Cl. The highest BCUT2D eigenvalue weighted by Gasteiger charge is 2.31. The van der Waals surface area contributed by atoms with E-state index < -0.39 is 0 Å². The van der Waals surface area contributed by atoms with E-state index in [4.69, 9.17) is 0 Å². The van der Waals surface area contributed by atoms with Crippen LogP contribution in [-0.4, -0.2) is 49.9 Å². The van der Waals surface area contributed by atoms with Gasteiger partial charge in [0.2, 0.25) is 11.8 Å². The highest BCUT2D eigenvalue weighted by Crippen LogP contribution is 2.28. The van der Waals surface area contributed by atoms with Crippen molar-refractivity contribution in [2.45, 2.75) is 32.6 Å². The summed E-state index contributed by atoms with van der Waals surface area (Å²) < 4.78 is 0. The van der Waals surface area contributed by atoms with Crippen molar-refractivity contribution in [2.75, 3.05) is 33.2 Å². The highest BCUT2D eigenvalue weighted by atomic mass is 35.5. The van der Waals surface area contributed by atoms with Crippen molar-refractivity contribution in [1.82, 2.24) is 15.5 Å². The van der Waals surface area contributed by atoms with Gasteiger partial charge in [-0.2, -0.15) is 0 Å². The lowest BCUT2D eigenvalue weighted by molar-refractivity contribution is -0.138. The Labute approximate surface area is 133 Å². The summed E-state index contributed by atoms with van der Waals surface area (Å²) in [6.07, 6.45) is 4.33. The predicted molar refractivity (Wildman–Crippen MR) is 85.4 cm³/mol. The fourth-order valence-electron chi connectivity index (χ4n) is 2.81. The Bertz CT molecular complexity index is 361. The van der Waals surface area contributed by atoms with Crippen molar-refractivity contribution in [3.05, 3.63) is 0 Å². The number of nitrogens with zero attached hydrogens (tertiary/aromatic N) is 1. The number of halogens is 1. The minimum atomic E-state index is -0.0202. The largest absolute Gasteiger partial charge is 0.356 e. The maximum atomic E-state index is 12.3. The summed E-state index contributed by atoms with van der Waals surface area (Å²) >= 11 is 0. The molecule has 2 unspecified atom stereocenters. The van der Waals surface area contributed by atoms with E-state index in [1.54, 1.807) is 0 Å². The number of hydrogen-bond donors (Lipinski definition) is 2. The Morgan fingerprint density at radius 2 is 2.00 bits per heavy atom. The lowest BCUT2D eigenvalue weighted by Gasteiger charge is -2.33. The summed E-state index contributed by atoms with van der Waals surface area (Å²) in [5, 5.41) is 6.07. The zero-order valence-electron chi connectivity index (χ0n) is 13.1. The minimum absolute atomic E-state index is 0. The zero-order chi connectivity index (χ0) is 14.5.